The molecule has 0 aliphatic heterocycles. The van der Waals surface area contributed by atoms with Gasteiger partial charge in [0.15, 0.2) is 5.82 Å². The maximum atomic E-state index is 5.72. The quantitative estimate of drug-likeness (QED) is 0.385. The van der Waals surface area contributed by atoms with Crippen molar-refractivity contribution < 1.29 is 4.74 Å². The smallest absolute Gasteiger partial charge is 0.162 e. The third kappa shape index (κ3) is 4.15. The molecule has 0 fully saturated rings. The zero-order valence-corrected chi connectivity index (χ0v) is 17.3. The fraction of sp³-hybridized carbons (Fsp3) is 0.130. The van der Waals surface area contributed by atoms with Crippen molar-refractivity contribution in [2.75, 3.05) is 5.32 Å². The molecule has 0 aliphatic rings. The molecule has 1 heterocycles. The molecule has 3 aromatic carbocycles. The number of hydrogen-bond acceptors (Lipinski definition) is 4. The third-order valence-electron chi connectivity index (χ3n) is 4.18. The molecule has 4 rings (SSSR count). The van der Waals surface area contributed by atoms with E-state index in [-0.39, 0.29) is 6.10 Å². The van der Waals surface area contributed by atoms with Crippen molar-refractivity contribution in [3.8, 4) is 17.1 Å². The first-order valence-electron chi connectivity index (χ1n) is 9.15. The van der Waals surface area contributed by atoms with Crippen molar-refractivity contribution in [3.63, 3.8) is 0 Å². The molecule has 4 aromatic rings. The molecule has 1 aromatic heterocycles. The highest BCUT2D eigenvalue weighted by atomic mass is 79.9. The topological polar surface area (TPSA) is 47.0 Å². The SMILES string of the molecule is CC(C)Oc1ccc(Nc2nc(-c3ccccc3)nc3ccc(Br)cc23)cc1. The number of hydrogen-bond donors (Lipinski definition) is 1. The predicted molar refractivity (Wildman–Crippen MR) is 118 cm³/mol. The summed E-state index contributed by atoms with van der Waals surface area (Å²) in [6.45, 7) is 4.03. The van der Waals surface area contributed by atoms with Crippen LogP contribution in [0.15, 0.2) is 77.3 Å². The van der Waals surface area contributed by atoms with Crippen molar-refractivity contribution in [2.45, 2.75) is 20.0 Å². The molecule has 0 amide bonds. The van der Waals surface area contributed by atoms with Crippen LogP contribution in [0.4, 0.5) is 11.5 Å². The highest BCUT2D eigenvalue weighted by Crippen LogP contribution is 2.30. The molecule has 0 unspecified atom stereocenters. The number of rotatable bonds is 5. The van der Waals surface area contributed by atoms with Crippen molar-refractivity contribution in [1.82, 2.24) is 9.97 Å². The number of fused-ring (bicyclic) bond motifs is 1. The maximum absolute atomic E-state index is 5.72. The Morgan fingerprint density at radius 2 is 1.64 bits per heavy atom. The summed E-state index contributed by atoms with van der Waals surface area (Å²) in [7, 11) is 0. The van der Waals surface area contributed by atoms with Gasteiger partial charge in [-0.05, 0) is 56.3 Å². The molecule has 0 radical (unpaired) electrons. The summed E-state index contributed by atoms with van der Waals surface area (Å²) >= 11 is 3.55. The number of ether oxygens (including phenoxy) is 1. The van der Waals surface area contributed by atoms with Crippen molar-refractivity contribution in [3.05, 3.63) is 77.3 Å². The standard InChI is InChI=1S/C23H20BrN3O/c1-15(2)28-19-11-9-18(10-12-19)25-23-20-14-17(24)8-13-21(20)26-22(27-23)16-6-4-3-5-7-16/h3-15H,1-2H3,(H,25,26,27). The fourth-order valence-corrected chi connectivity index (χ4v) is 3.30. The van der Waals surface area contributed by atoms with E-state index in [2.05, 4.69) is 21.2 Å². The highest BCUT2D eigenvalue weighted by Gasteiger charge is 2.10. The first-order valence-corrected chi connectivity index (χ1v) is 9.94. The lowest BCUT2D eigenvalue weighted by Gasteiger charge is -2.13. The van der Waals surface area contributed by atoms with Crippen molar-refractivity contribution in [1.29, 1.82) is 0 Å². The molecule has 5 heteroatoms. The van der Waals surface area contributed by atoms with Crippen LogP contribution in [-0.4, -0.2) is 16.1 Å². The average molecular weight is 434 g/mol. The Labute approximate surface area is 172 Å². The molecule has 28 heavy (non-hydrogen) atoms. The van der Waals surface area contributed by atoms with Crippen LogP contribution in [-0.2, 0) is 0 Å². The number of aromatic nitrogens is 2. The molecule has 0 atom stereocenters. The Morgan fingerprint density at radius 1 is 0.893 bits per heavy atom. The first kappa shape index (κ1) is 18.4. The normalized spacial score (nSPS) is 11.0. The number of nitrogens with one attached hydrogen (secondary N) is 1. The van der Waals surface area contributed by atoms with E-state index < -0.39 is 0 Å². The highest BCUT2D eigenvalue weighted by molar-refractivity contribution is 9.10. The Bertz CT molecular complexity index is 1100. The molecule has 0 aliphatic carbocycles. The second-order valence-corrected chi connectivity index (χ2v) is 7.65. The van der Waals surface area contributed by atoms with Gasteiger partial charge in [-0.1, -0.05) is 46.3 Å². The minimum absolute atomic E-state index is 0.149. The number of halogens is 1. The molecule has 1 N–H and O–H groups in total. The van der Waals surface area contributed by atoms with E-state index in [1.54, 1.807) is 0 Å². The first-order chi connectivity index (χ1) is 13.6. The van der Waals surface area contributed by atoms with E-state index in [0.717, 1.165) is 38.2 Å². The van der Waals surface area contributed by atoms with Gasteiger partial charge in [0, 0.05) is 21.1 Å². The van der Waals surface area contributed by atoms with Gasteiger partial charge in [0.25, 0.3) is 0 Å². The second-order valence-electron chi connectivity index (χ2n) is 6.74. The zero-order chi connectivity index (χ0) is 19.5. The van der Waals surface area contributed by atoms with E-state index in [0.29, 0.717) is 5.82 Å². The summed E-state index contributed by atoms with van der Waals surface area (Å²) in [4.78, 5) is 9.55. The summed E-state index contributed by atoms with van der Waals surface area (Å²) in [5.74, 6) is 2.31. The molecular weight excluding hydrogens is 414 g/mol. The monoisotopic (exact) mass is 433 g/mol. The predicted octanol–water partition coefficient (Wildman–Crippen LogP) is 6.59. The molecule has 0 saturated heterocycles. The molecule has 0 saturated carbocycles. The van der Waals surface area contributed by atoms with Crippen LogP contribution in [0.25, 0.3) is 22.3 Å². The van der Waals surface area contributed by atoms with E-state index in [1.165, 1.54) is 0 Å². The fourth-order valence-electron chi connectivity index (χ4n) is 2.94. The summed E-state index contributed by atoms with van der Waals surface area (Å²) in [5.41, 5.74) is 2.81. The summed E-state index contributed by atoms with van der Waals surface area (Å²) in [6, 6.07) is 23.9. The maximum Gasteiger partial charge on any atom is 0.162 e. The average Bonchev–Trinajstić information content (AvgIpc) is 2.70. The largest absolute Gasteiger partial charge is 0.491 e. The van der Waals surface area contributed by atoms with Crippen LogP contribution in [0.1, 0.15) is 13.8 Å². The van der Waals surface area contributed by atoms with E-state index in [4.69, 9.17) is 14.7 Å². The van der Waals surface area contributed by atoms with Crippen molar-refractivity contribution >= 4 is 38.3 Å². The minimum atomic E-state index is 0.149. The molecule has 0 spiro atoms. The van der Waals surface area contributed by atoms with Crippen LogP contribution in [0, 0.1) is 0 Å². The van der Waals surface area contributed by atoms with Gasteiger partial charge in [-0.25, -0.2) is 9.97 Å². The van der Waals surface area contributed by atoms with Gasteiger partial charge in [-0.2, -0.15) is 0 Å². The lowest BCUT2D eigenvalue weighted by molar-refractivity contribution is 0.242. The second kappa shape index (κ2) is 7.98. The number of nitrogens with zero attached hydrogens (tertiary/aromatic N) is 2. The van der Waals surface area contributed by atoms with Crippen LogP contribution in [0.3, 0.4) is 0 Å². The zero-order valence-electron chi connectivity index (χ0n) is 15.7. The number of benzene rings is 3. The summed E-state index contributed by atoms with van der Waals surface area (Å²) in [6.07, 6.45) is 0.149. The Morgan fingerprint density at radius 3 is 2.36 bits per heavy atom. The Hall–Kier alpha value is -2.92. The van der Waals surface area contributed by atoms with Crippen LogP contribution in [0.5, 0.6) is 5.75 Å². The molecular formula is C23H20BrN3O. The van der Waals surface area contributed by atoms with Gasteiger partial charge in [-0.3, -0.25) is 0 Å². The van der Waals surface area contributed by atoms with Gasteiger partial charge in [-0.15, -0.1) is 0 Å². The molecule has 4 nitrogen and oxygen atoms in total. The number of anilines is 2. The Kier molecular flexibility index (Phi) is 5.26. The van der Waals surface area contributed by atoms with E-state index >= 15 is 0 Å². The lowest BCUT2D eigenvalue weighted by Crippen LogP contribution is -2.05. The van der Waals surface area contributed by atoms with Gasteiger partial charge >= 0.3 is 0 Å². The van der Waals surface area contributed by atoms with Gasteiger partial charge < -0.3 is 10.1 Å². The minimum Gasteiger partial charge on any atom is -0.491 e. The van der Waals surface area contributed by atoms with Crippen molar-refractivity contribution in [2.24, 2.45) is 0 Å². The summed E-state index contributed by atoms with van der Waals surface area (Å²) < 4.78 is 6.71. The van der Waals surface area contributed by atoms with E-state index in [9.17, 15) is 0 Å². The molecule has 140 valence electrons. The van der Waals surface area contributed by atoms with E-state index in [1.807, 2.05) is 86.6 Å². The van der Waals surface area contributed by atoms with Crippen LogP contribution < -0.4 is 10.1 Å². The van der Waals surface area contributed by atoms with Gasteiger partial charge in [0.2, 0.25) is 0 Å². The summed E-state index contributed by atoms with van der Waals surface area (Å²) in [5, 5.41) is 4.39. The van der Waals surface area contributed by atoms with Gasteiger partial charge in [0.1, 0.15) is 11.6 Å². The van der Waals surface area contributed by atoms with Crippen LogP contribution >= 0.6 is 15.9 Å². The third-order valence-corrected chi connectivity index (χ3v) is 4.67. The molecule has 0 bridgehead atoms. The Balaban J connectivity index is 1.75. The van der Waals surface area contributed by atoms with Crippen LogP contribution in [0.2, 0.25) is 0 Å². The van der Waals surface area contributed by atoms with Gasteiger partial charge in [0.05, 0.1) is 11.6 Å². The lowest BCUT2D eigenvalue weighted by atomic mass is 10.2.